The number of nitrogens with one attached hydrogen (secondary N) is 2. The van der Waals surface area contributed by atoms with Gasteiger partial charge in [0.1, 0.15) is 5.75 Å². The molecule has 0 aromatic heterocycles. The van der Waals surface area contributed by atoms with Crippen molar-refractivity contribution in [1.29, 1.82) is 0 Å². The minimum absolute atomic E-state index is 0.00622. The smallest absolute Gasteiger partial charge is 0.251 e. The number of hydrogen-bond acceptors (Lipinski definition) is 5. The average Bonchev–Trinajstić information content (AvgIpc) is 2.71. The summed E-state index contributed by atoms with van der Waals surface area (Å²) in [6.07, 6.45) is 0.0431. The lowest BCUT2D eigenvalue weighted by Crippen LogP contribution is -2.38. The van der Waals surface area contributed by atoms with E-state index in [1.807, 2.05) is 45.0 Å². The first kappa shape index (κ1) is 24.4. The van der Waals surface area contributed by atoms with E-state index in [9.17, 15) is 18.0 Å². The zero-order valence-corrected chi connectivity index (χ0v) is 19.2. The minimum Gasteiger partial charge on any atom is -0.491 e. The van der Waals surface area contributed by atoms with Crippen LogP contribution in [0, 0.1) is 0 Å². The Hall–Kier alpha value is -2.91. The van der Waals surface area contributed by atoms with Crippen molar-refractivity contribution >= 4 is 21.8 Å². The van der Waals surface area contributed by atoms with Gasteiger partial charge in [-0.2, -0.15) is 0 Å². The summed E-state index contributed by atoms with van der Waals surface area (Å²) in [6.45, 7) is 5.47. The molecule has 0 saturated heterocycles. The minimum atomic E-state index is -3.66. The molecule has 0 fully saturated rings. The van der Waals surface area contributed by atoms with Crippen LogP contribution in [-0.2, 0) is 14.8 Å². The largest absolute Gasteiger partial charge is 0.491 e. The van der Waals surface area contributed by atoms with E-state index in [4.69, 9.17) is 4.74 Å². The summed E-state index contributed by atoms with van der Waals surface area (Å²) in [5.74, 6) is -0.187. The van der Waals surface area contributed by atoms with Crippen molar-refractivity contribution in [3.8, 4) is 5.75 Å². The summed E-state index contributed by atoms with van der Waals surface area (Å²) in [4.78, 5) is 24.7. The zero-order chi connectivity index (χ0) is 23.2. The highest BCUT2D eigenvalue weighted by Crippen LogP contribution is 2.20. The van der Waals surface area contributed by atoms with E-state index < -0.39 is 15.9 Å². The van der Waals surface area contributed by atoms with Crippen molar-refractivity contribution < 1.29 is 22.7 Å². The molecule has 1 unspecified atom stereocenters. The lowest BCUT2D eigenvalue weighted by molar-refractivity contribution is -0.120. The maximum atomic E-state index is 12.4. The van der Waals surface area contributed by atoms with Crippen LogP contribution in [-0.4, -0.2) is 51.3 Å². The number of carbonyl (C=O) groups excluding carboxylic acids is 2. The quantitative estimate of drug-likeness (QED) is 0.614. The number of amides is 2. The van der Waals surface area contributed by atoms with Gasteiger partial charge in [0, 0.05) is 19.7 Å². The van der Waals surface area contributed by atoms with Gasteiger partial charge >= 0.3 is 0 Å². The molecule has 1 atom stereocenters. The maximum absolute atomic E-state index is 12.4. The molecule has 31 heavy (non-hydrogen) atoms. The third kappa shape index (κ3) is 6.80. The van der Waals surface area contributed by atoms with Gasteiger partial charge in [0.15, 0.2) is 0 Å². The lowest BCUT2D eigenvalue weighted by Gasteiger charge is -2.17. The maximum Gasteiger partial charge on any atom is 0.251 e. The number of nitrogens with zero attached hydrogens (tertiary/aromatic N) is 1. The molecule has 2 aromatic carbocycles. The van der Waals surface area contributed by atoms with E-state index in [1.54, 1.807) is 0 Å². The monoisotopic (exact) mass is 447 g/mol. The molecule has 0 aliphatic heterocycles. The van der Waals surface area contributed by atoms with Gasteiger partial charge < -0.3 is 15.4 Å². The van der Waals surface area contributed by atoms with Gasteiger partial charge in [-0.1, -0.05) is 18.2 Å². The second kappa shape index (κ2) is 10.4. The molecule has 2 amide bonds. The molecule has 2 aromatic rings. The summed E-state index contributed by atoms with van der Waals surface area (Å²) in [5, 5.41) is 5.34. The summed E-state index contributed by atoms with van der Waals surface area (Å²) >= 11 is 0. The number of sulfonamides is 1. The number of hydrogen-bond donors (Lipinski definition) is 2. The van der Waals surface area contributed by atoms with E-state index >= 15 is 0 Å². The van der Waals surface area contributed by atoms with Crippen LogP contribution >= 0.6 is 0 Å². The molecule has 0 bridgehead atoms. The van der Waals surface area contributed by atoms with Crippen LogP contribution in [0.1, 0.15) is 42.7 Å². The molecule has 2 N–H and O–H groups in total. The first-order valence-electron chi connectivity index (χ1n) is 9.87. The van der Waals surface area contributed by atoms with E-state index in [-0.39, 0.29) is 35.1 Å². The number of benzene rings is 2. The first-order chi connectivity index (χ1) is 14.5. The Morgan fingerprint density at radius 2 is 1.71 bits per heavy atom. The standard InChI is InChI=1S/C22H29N3O5S/c1-15(2)30-19-10-6-8-17(12-19)16(3)24-21(26)14-23-22(27)18-9-7-11-20(13-18)31(28,29)25(4)5/h6-13,15-16H,14H2,1-5H3,(H,23,27)(H,24,26). The van der Waals surface area contributed by atoms with Gasteiger partial charge in [0.2, 0.25) is 15.9 Å². The van der Waals surface area contributed by atoms with Crippen molar-refractivity contribution in [2.24, 2.45) is 0 Å². The van der Waals surface area contributed by atoms with Gasteiger partial charge in [0.05, 0.1) is 23.6 Å². The number of carbonyl (C=O) groups is 2. The van der Waals surface area contributed by atoms with Crippen molar-refractivity contribution in [2.75, 3.05) is 20.6 Å². The predicted octanol–water partition coefficient (Wildman–Crippen LogP) is 2.33. The van der Waals surface area contributed by atoms with Crippen LogP contribution in [0.5, 0.6) is 5.75 Å². The molecular formula is C22H29N3O5S. The zero-order valence-electron chi connectivity index (χ0n) is 18.4. The Labute approximate surface area is 183 Å². The molecule has 9 heteroatoms. The van der Waals surface area contributed by atoms with Crippen LogP contribution in [0.25, 0.3) is 0 Å². The normalized spacial score (nSPS) is 12.5. The second-order valence-electron chi connectivity index (χ2n) is 7.53. The topological polar surface area (TPSA) is 105 Å². The predicted molar refractivity (Wildman–Crippen MR) is 118 cm³/mol. The molecule has 0 spiro atoms. The number of ether oxygens (including phenoxy) is 1. The molecule has 0 saturated carbocycles. The van der Waals surface area contributed by atoms with Crippen LogP contribution in [0.2, 0.25) is 0 Å². The fraction of sp³-hybridized carbons (Fsp3) is 0.364. The van der Waals surface area contributed by atoms with E-state index in [0.29, 0.717) is 0 Å². The van der Waals surface area contributed by atoms with Crippen molar-refractivity contribution in [3.63, 3.8) is 0 Å². The highest BCUT2D eigenvalue weighted by Gasteiger charge is 2.19. The van der Waals surface area contributed by atoms with Crippen LogP contribution in [0.3, 0.4) is 0 Å². The lowest BCUT2D eigenvalue weighted by atomic mass is 10.1. The third-order valence-electron chi connectivity index (χ3n) is 4.39. The van der Waals surface area contributed by atoms with Crippen LogP contribution in [0.4, 0.5) is 0 Å². The van der Waals surface area contributed by atoms with Gasteiger partial charge in [-0.05, 0) is 56.7 Å². The Balaban J connectivity index is 1.96. The number of rotatable bonds is 9. The summed E-state index contributed by atoms with van der Waals surface area (Å²) in [6, 6.07) is 12.8. The molecule has 0 heterocycles. The summed E-state index contributed by atoms with van der Waals surface area (Å²) < 4.78 is 31.2. The highest BCUT2D eigenvalue weighted by molar-refractivity contribution is 7.89. The molecule has 0 radical (unpaired) electrons. The summed E-state index contributed by atoms with van der Waals surface area (Å²) in [7, 11) is -0.828. The van der Waals surface area contributed by atoms with Crippen LogP contribution < -0.4 is 15.4 Å². The molecule has 0 aliphatic rings. The molecule has 8 nitrogen and oxygen atoms in total. The SMILES string of the molecule is CC(C)Oc1cccc(C(C)NC(=O)CNC(=O)c2cccc(S(=O)(=O)N(C)C)c2)c1. The Bertz CT molecular complexity index is 1030. The second-order valence-corrected chi connectivity index (χ2v) is 9.68. The van der Waals surface area contributed by atoms with Gasteiger partial charge in [-0.15, -0.1) is 0 Å². The fourth-order valence-electron chi connectivity index (χ4n) is 2.78. The Morgan fingerprint density at radius 1 is 1.03 bits per heavy atom. The molecule has 2 rings (SSSR count). The van der Waals surface area contributed by atoms with E-state index in [1.165, 1.54) is 38.4 Å². The fourth-order valence-corrected chi connectivity index (χ4v) is 3.72. The summed E-state index contributed by atoms with van der Waals surface area (Å²) in [5.41, 5.74) is 1.03. The third-order valence-corrected chi connectivity index (χ3v) is 6.20. The van der Waals surface area contributed by atoms with Crippen molar-refractivity contribution in [1.82, 2.24) is 14.9 Å². The van der Waals surface area contributed by atoms with Crippen molar-refractivity contribution in [3.05, 3.63) is 59.7 Å². The molecule has 0 aliphatic carbocycles. The van der Waals surface area contributed by atoms with Gasteiger partial charge in [-0.3, -0.25) is 9.59 Å². The van der Waals surface area contributed by atoms with Gasteiger partial charge in [-0.25, -0.2) is 12.7 Å². The van der Waals surface area contributed by atoms with Gasteiger partial charge in [0.25, 0.3) is 5.91 Å². The Kier molecular flexibility index (Phi) is 8.18. The Morgan fingerprint density at radius 3 is 2.35 bits per heavy atom. The van der Waals surface area contributed by atoms with E-state index in [0.717, 1.165) is 15.6 Å². The first-order valence-corrected chi connectivity index (χ1v) is 11.3. The van der Waals surface area contributed by atoms with E-state index in [2.05, 4.69) is 10.6 Å². The highest BCUT2D eigenvalue weighted by atomic mass is 32.2. The molecule has 168 valence electrons. The molecular weight excluding hydrogens is 418 g/mol. The van der Waals surface area contributed by atoms with Crippen molar-refractivity contribution in [2.45, 2.75) is 37.8 Å². The van der Waals surface area contributed by atoms with Crippen LogP contribution in [0.15, 0.2) is 53.4 Å². The average molecular weight is 448 g/mol.